The first-order valence-electron chi connectivity index (χ1n) is 6.92. The van der Waals surface area contributed by atoms with E-state index in [1.54, 1.807) is 18.5 Å². The highest BCUT2D eigenvalue weighted by atomic mass is 32.2. The number of aromatic nitrogens is 2. The lowest BCUT2D eigenvalue weighted by Gasteiger charge is -2.15. The number of hydrogen-bond acceptors (Lipinski definition) is 4. The van der Waals surface area contributed by atoms with Gasteiger partial charge in [0.2, 0.25) is 5.91 Å². The van der Waals surface area contributed by atoms with Crippen molar-refractivity contribution < 1.29 is 4.79 Å². The molecule has 4 nitrogen and oxygen atoms in total. The van der Waals surface area contributed by atoms with Crippen LogP contribution in [0.5, 0.6) is 0 Å². The topological polar surface area (TPSA) is 54.9 Å². The van der Waals surface area contributed by atoms with Gasteiger partial charge < -0.3 is 5.32 Å². The first-order valence-corrected chi connectivity index (χ1v) is 7.80. The van der Waals surface area contributed by atoms with Gasteiger partial charge in [-0.05, 0) is 43.5 Å². The van der Waals surface area contributed by atoms with Gasteiger partial charge in [0, 0.05) is 18.1 Å². The minimum atomic E-state index is -0.202. The zero-order valence-electron chi connectivity index (χ0n) is 12.5. The summed E-state index contributed by atoms with van der Waals surface area (Å²) in [4.78, 5) is 20.7. The van der Waals surface area contributed by atoms with Crippen LogP contribution in [0.3, 0.4) is 0 Å². The maximum atomic E-state index is 12.4. The summed E-state index contributed by atoms with van der Waals surface area (Å²) in [6.07, 6.45) is 4.09. The lowest BCUT2D eigenvalue weighted by atomic mass is 10.1. The molecule has 5 heteroatoms. The van der Waals surface area contributed by atoms with Crippen LogP contribution in [0, 0.1) is 13.8 Å². The second kappa shape index (κ2) is 7.22. The van der Waals surface area contributed by atoms with Crippen LogP contribution in [0.15, 0.2) is 41.8 Å². The Morgan fingerprint density at radius 2 is 1.95 bits per heavy atom. The van der Waals surface area contributed by atoms with Gasteiger partial charge in [0.15, 0.2) is 5.16 Å². The van der Waals surface area contributed by atoms with Crippen molar-refractivity contribution in [2.75, 3.05) is 5.32 Å². The predicted molar refractivity (Wildman–Crippen MR) is 86.5 cm³/mol. The SMILES string of the molecule is CCC(Sc1ncccn1)C(=O)Nc1cccc(C)c1C. The summed E-state index contributed by atoms with van der Waals surface area (Å²) >= 11 is 1.39. The van der Waals surface area contributed by atoms with Crippen molar-refractivity contribution in [2.45, 2.75) is 37.6 Å². The molecule has 21 heavy (non-hydrogen) atoms. The van der Waals surface area contributed by atoms with E-state index in [2.05, 4.69) is 15.3 Å². The number of rotatable bonds is 5. The van der Waals surface area contributed by atoms with E-state index in [1.807, 2.05) is 39.0 Å². The van der Waals surface area contributed by atoms with Gasteiger partial charge in [-0.1, -0.05) is 30.8 Å². The van der Waals surface area contributed by atoms with Gasteiger partial charge in [-0.3, -0.25) is 4.79 Å². The van der Waals surface area contributed by atoms with Gasteiger partial charge in [-0.25, -0.2) is 9.97 Å². The van der Waals surface area contributed by atoms with Crippen molar-refractivity contribution in [3.63, 3.8) is 0 Å². The number of amides is 1. The summed E-state index contributed by atoms with van der Waals surface area (Å²) in [6, 6.07) is 7.68. The maximum absolute atomic E-state index is 12.4. The molecule has 0 aliphatic rings. The Bertz CT molecular complexity index is 616. The number of nitrogens with one attached hydrogen (secondary N) is 1. The van der Waals surface area contributed by atoms with Crippen LogP contribution >= 0.6 is 11.8 Å². The fraction of sp³-hybridized carbons (Fsp3) is 0.312. The summed E-state index contributed by atoms with van der Waals surface area (Å²) < 4.78 is 0. The molecular weight excluding hydrogens is 282 g/mol. The zero-order chi connectivity index (χ0) is 15.2. The second-order valence-corrected chi connectivity index (χ2v) is 5.95. The van der Waals surface area contributed by atoms with E-state index in [1.165, 1.54) is 17.3 Å². The normalized spacial score (nSPS) is 12.0. The molecule has 0 saturated heterocycles. The first-order chi connectivity index (χ1) is 10.1. The van der Waals surface area contributed by atoms with Crippen molar-refractivity contribution in [2.24, 2.45) is 0 Å². The number of thioether (sulfide) groups is 1. The predicted octanol–water partition coefficient (Wildman–Crippen LogP) is 3.60. The van der Waals surface area contributed by atoms with Crippen LogP contribution < -0.4 is 5.32 Å². The van der Waals surface area contributed by atoms with Crippen molar-refractivity contribution in [3.8, 4) is 0 Å². The molecule has 0 fully saturated rings. The van der Waals surface area contributed by atoms with Crippen molar-refractivity contribution in [1.29, 1.82) is 0 Å². The lowest BCUT2D eigenvalue weighted by molar-refractivity contribution is -0.115. The molecule has 0 aliphatic carbocycles. The molecule has 1 unspecified atom stereocenters. The quantitative estimate of drug-likeness (QED) is 0.677. The maximum Gasteiger partial charge on any atom is 0.237 e. The number of hydrogen-bond donors (Lipinski definition) is 1. The van der Waals surface area contributed by atoms with Crippen molar-refractivity contribution in [1.82, 2.24) is 9.97 Å². The van der Waals surface area contributed by atoms with Crippen LogP contribution in [0.4, 0.5) is 5.69 Å². The van der Waals surface area contributed by atoms with E-state index < -0.39 is 0 Å². The summed E-state index contributed by atoms with van der Waals surface area (Å²) in [7, 11) is 0. The van der Waals surface area contributed by atoms with Crippen LogP contribution in [0.25, 0.3) is 0 Å². The Kier molecular flexibility index (Phi) is 5.33. The second-order valence-electron chi connectivity index (χ2n) is 4.78. The third-order valence-corrected chi connectivity index (χ3v) is 4.57. The number of anilines is 1. The van der Waals surface area contributed by atoms with E-state index in [9.17, 15) is 4.79 Å². The molecule has 0 aliphatic heterocycles. The van der Waals surface area contributed by atoms with E-state index in [0.717, 1.165) is 17.7 Å². The Balaban J connectivity index is 2.08. The lowest BCUT2D eigenvalue weighted by Crippen LogP contribution is -2.25. The van der Waals surface area contributed by atoms with Crippen LogP contribution in [-0.2, 0) is 4.79 Å². The molecule has 110 valence electrons. The highest BCUT2D eigenvalue weighted by Crippen LogP contribution is 2.24. The van der Waals surface area contributed by atoms with Gasteiger partial charge in [0.05, 0.1) is 5.25 Å². The Morgan fingerprint density at radius 1 is 1.24 bits per heavy atom. The molecular formula is C16H19N3OS. The first kappa shape index (κ1) is 15.5. The molecule has 0 spiro atoms. The smallest absolute Gasteiger partial charge is 0.237 e. The van der Waals surface area contributed by atoms with E-state index >= 15 is 0 Å². The van der Waals surface area contributed by atoms with Crippen molar-refractivity contribution >= 4 is 23.4 Å². The largest absolute Gasteiger partial charge is 0.325 e. The standard InChI is InChI=1S/C16H19N3OS/c1-4-14(21-16-17-9-6-10-18-16)15(20)19-13-8-5-7-11(2)12(13)3/h5-10,14H,4H2,1-3H3,(H,19,20). The number of carbonyl (C=O) groups is 1. The number of aryl methyl sites for hydroxylation is 1. The number of nitrogens with zero attached hydrogens (tertiary/aromatic N) is 2. The summed E-state index contributed by atoms with van der Waals surface area (Å²) in [5, 5.41) is 3.43. The molecule has 0 radical (unpaired) electrons. The average molecular weight is 301 g/mol. The summed E-state index contributed by atoms with van der Waals surface area (Å²) in [6.45, 7) is 6.04. The monoisotopic (exact) mass is 301 g/mol. The number of carbonyl (C=O) groups excluding carboxylic acids is 1. The molecule has 1 amide bonds. The van der Waals surface area contributed by atoms with Gasteiger partial charge in [0.1, 0.15) is 0 Å². The fourth-order valence-electron chi connectivity index (χ4n) is 1.90. The van der Waals surface area contributed by atoms with Gasteiger partial charge in [-0.15, -0.1) is 0 Å². The average Bonchev–Trinajstić information content (AvgIpc) is 2.50. The Hall–Kier alpha value is -1.88. The molecule has 2 aromatic rings. The molecule has 1 aromatic heterocycles. The van der Waals surface area contributed by atoms with Crippen LogP contribution in [-0.4, -0.2) is 21.1 Å². The van der Waals surface area contributed by atoms with Gasteiger partial charge in [0.25, 0.3) is 0 Å². The third-order valence-electron chi connectivity index (χ3n) is 3.32. The number of benzene rings is 1. The Morgan fingerprint density at radius 3 is 2.62 bits per heavy atom. The highest BCUT2D eigenvalue weighted by Gasteiger charge is 2.19. The molecule has 1 atom stereocenters. The highest BCUT2D eigenvalue weighted by molar-refractivity contribution is 8.00. The molecule has 0 bridgehead atoms. The fourth-order valence-corrected chi connectivity index (χ4v) is 2.73. The van der Waals surface area contributed by atoms with Gasteiger partial charge in [-0.2, -0.15) is 0 Å². The summed E-state index contributed by atoms with van der Waals surface area (Å²) in [5.41, 5.74) is 3.13. The molecule has 1 heterocycles. The minimum absolute atomic E-state index is 0.0105. The molecule has 0 saturated carbocycles. The van der Waals surface area contributed by atoms with Crippen molar-refractivity contribution in [3.05, 3.63) is 47.8 Å². The van der Waals surface area contributed by atoms with Crippen LogP contribution in [0.1, 0.15) is 24.5 Å². The van der Waals surface area contributed by atoms with Crippen LogP contribution in [0.2, 0.25) is 0 Å². The third kappa shape index (κ3) is 4.04. The van der Waals surface area contributed by atoms with E-state index in [4.69, 9.17) is 0 Å². The molecule has 2 rings (SSSR count). The minimum Gasteiger partial charge on any atom is -0.325 e. The molecule has 1 N–H and O–H groups in total. The van der Waals surface area contributed by atoms with E-state index in [0.29, 0.717) is 5.16 Å². The Labute approximate surface area is 129 Å². The summed E-state index contributed by atoms with van der Waals surface area (Å²) in [5.74, 6) is -0.0105. The van der Waals surface area contributed by atoms with Gasteiger partial charge >= 0.3 is 0 Å². The van der Waals surface area contributed by atoms with E-state index in [-0.39, 0.29) is 11.2 Å². The molecule has 1 aromatic carbocycles. The zero-order valence-corrected chi connectivity index (χ0v) is 13.3.